The normalized spacial score (nSPS) is 10.2. The van der Waals surface area contributed by atoms with Gasteiger partial charge in [-0.15, -0.1) is 0 Å². The zero-order chi connectivity index (χ0) is 12.0. The molecule has 86 valence electrons. The highest BCUT2D eigenvalue weighted by Gasteiger charge is 2.05. The minimum absolute atomic E-state index is 0.143. The number of benzene rings is 1. The largest absolute Gasteiger partial charge is 0.495 e. The van der Waals surface area contributed by atoms with Crippen molar-refractivity contribution in [1.29, 1.82) is 5.26 Å². The maximum absolute atomic E-state index is 8.83. The number of nitrogens with zero attached hydrogens (tertiary/aromatic N) is 2. The summed E-state index contributed by atoms with van der Waals surface area (Å²) in [5, 5.41) is 17.6. The van der Waals surface area contributed by atoms with Crippen LogP contribution in [0.15, 0.2) is 18.2 Å². The summed E-state index contributed by atoms with van der Waals surface area (Å²) in [5.41, 5.74) is 1.60. The fraction of sp³-hybridized carbons (Fsp3) is 0.417. The molecule has 0 saturated heterocycles. The van der Waals surface area contributed by atoms with E-state index in [-0.39, 0.29) is 6.61 Å². The van der Waals surface area contributed by atoms with Crippen LogP contribution in [0.3, 0.4) is 0 Å². The standard InChI is InChI=1S/C12H16N2O2/c1-14(5-6-15)9-10-3-4-11(8-13)12(7-10)16-2/h3-4,7,15H,5-6,9H2,1-2H3. The lowest BCUT2D eigenvalue weighted by atomic mass is 10.1. The average Bonchev–Trinajstić information content (AvgIpc) is 2.29. The number of rotatable bonds is 5. The van der Waals surface area contributed by atoms with Crippen LogP contribution >= 0.6 is 0 Å². The van der Waals surface area contributed by atoms with Gasteiger partial charge in [-0.1, -0.05) is 6.07 Å². The van der Waals surface area contributed by atoms with Gasteiger partial charge in [-0.05, 0) is 24.7 Å². The Balaban J connectivity index is 2.79. The monoisotopic (exact) mass is 220 g/mol. The van der Waals surface area contributed by atoms with Crippen molar-refractivity contribution in [1.82, 2.24) is 4.90 Å². The van der Waals surface area contributed by atoms with E-state index in [9.17, 15) is 0 Å². The second-order valence-corrected chi connectivity index (χ2v) is 3.61. The second kappa shape index (κ2) is 6.11. The maximum atomic E-state index is 8.83. The smallest absolute Gasteiger partial charge is 0.136 e. The lowest BCUT2D eigenvalue weighted by Crippen LogP contribution is -2.21. The van der Waals surface area contributed by atoms with Gasteiger partial charge in [0.2, 0.25) is 0 Å². The molecule has 4 heteroatoms. The Morgan fingerprint density at radius 2 is 2.25 bits per heavy atom. The third-order valence-electron chi connectivity index (χ3n) is 2.32. The van der Waals surface area contributed by atoms with Gasteiger partial charge in [0, 0.05) is 13.1 Å². The molecule has 0 radical (unpaired) electrons. The summed E-state index contributed by atoms with van der Waals surface area (Å²) in [4.78, 5) is 2.00. The van der Waals surface area contributed by atoms with Crippen molar-refractivity contribution < 1.29 is 9.84 Å². The van der Waals surface area contributed by atoms with Crippen molar-refractivity contribution in [3.63, 3.8) is 0 Å². The van der Waals surface area contributed by atoms with Gasteiger partial charge < -0.3 is 9.84 Å². The molecular formula is C12H16N2O2. The molecule has 0 aliphatic heterocycles. The fourth-order valence-corrected chi connectivity index (χ4v) is 1.49. The number of methoxy groups -OCH3 is 1. The van der Waals surface area contributed by atoms with Gasteiger partial charge in [0.25, 0.3) is 0 Å². The molecule has 4 nitrogen and oxygen atoms in total. The van der Waals surface area contributed by atoms with Crippen LogP contribution in [0, 0.1) is 11.3 Å². The second-order valence-electron chi connectivity index (χ2n) is 3.61. The number of aliphatic hydroxyl groups is 1. The Labute approximate surface area is 95.7 Å². The summed E-state index contributed by atoms with van der Waals surface area (Å²) in [7, 11) is 3.48. The minimum Gasteiger partial charge on any atom is -0.495 e. The van der Waals surface area contributed by atoms with Crippen molar-refractivity contribution in [2.24, 2.45) is 0 Å². The van der Waals surface area contributed by atoms with Crippen LogP contribution in [0.2, 0.25) is 0 Å². The molecule has 0 heterocycles. The van der Waals surface area contributed by atoms with Crippen LogP contribution in [-0.2, 0) is 6.54 Å². The number of nitriles is 1. The van der Waals surface area contributed by atoms with E-state index in [1.807, 2.05) is 24.1 Å². The zero-order valence-corrected chi connectivity index (χ0v) is 9.60. The highest BCUT2D eigenvalue weighted by Crippen LogP contribution is 2.19. The Morgan fingerprint density at radius 3 is 2.81 bits per heavy atom. The van der Waals surface area contributed by atoms with Gasteiger partial charge in [-0.25, -0.2) is 0 Å². The third-order valence-corrected chi connectivity index (χ3v) is 2.32. The number of likely N-dealkylation sites (N-methyl/N-ethyl adjacent to an activating group) is 1. The molecule has 16 heavy (non-hydrogen) atoms. The minimum atomic E-state index is 0.143. The molecule has 0 bridgehead atoms. The summed E-state index contributed by atoms with van der Waals surface area (Å²) in [5.74, 6) is 0.595. The van der Waals surface area contributed by atoms with Crippen LogP contribution in [0.5, 0.6) is 5.75 Å². The van der Waals surface area contributed by atoms with Gasteiger partial charge in [-0.2, -0.15) is 5.26 Å². The maximum Gasteiger partial charge on any atom is 0.136 e. The molecule has 1 N–H and O–H groups in total. The lowest BCUT2D eigenvalue weighted by Gasteiger charge is -2.15. The first-order valence-electron chi connectivity index (χ1n) is 5.07. The van der Waals surface area contributed by atoms with E-state index in [4.69, 9.17) is 15.1 Å². The van der Waals surface area contributed by atoms with Crippen LogP contribution in [0.25, 0.3) is 0 Å². The number of aliphatic hydroxyl groups excluding tert-OH is 1. The lowest BCUT2D eigenvalue weighted by molar-refractivity contribution is 0.217. The van der Waals surface area contributed by atoms with Crippen molar-refractivity contribution >= 4 is 0 Å². The quantitative estimate of drug-likeness (QED) is 0.804. The van der Waals surface area contributed by atoms with Gasteiger partial charge in [0.15, 0.2) is 0 Å². The molecule has 0 atom stereocenters. The third kappa shape index (κ3) is 3.23. The van der Waals surface area contributed by atoms with Gasteiger partial charge >= 0.3 is 0 Å². The van der Waals surface area contributed by atoms with E-state index >= 15 is 0 Å². The number of ether oxygens (including phenoxy) is 1. The SMILES string of the molecule is COc1cc(CN(C)CCO)ccc1C#N. The first-order valence-corrected chi connectivity index (χ1v) is 5.07. The summed E-state index contributed by atoms with van der Waals surface area (Å²) < 4.78 is 5.13. The molecular weight excluding hydrogens is 204 g/mol. The van der Waals surface area contributed by atoms with Crippen LogP contribution in [0.1, 0.15) is 11.1 Å². The molecule has 1 rings (SSSR count). The highest BCUT2D eigenvalue weighted by atomic mass is 16.5. The van der Waals surface area contributed by atoms with Crippen molar-refractivity contribution in [2.75, 3.05) is 27.3 Å². The summed E-state index contributed by atoms with van der Waals surface area (Å²) in [6, 6.07) is 7.58. The molecule has 0 spiro atoms. The van der Waals surface area contributed by atoms with Crippen LogP contribution < -0.4 is 4.74 Å². The van der Waals surface area contributed by atoms with E-state index in [2.05, 4.69) is 6.07 Å². The van der Waals surface area contributed by atoms with E-state index in [1.54, 1.807) is 13.2 Å². The fourth-order valence-electron chi connectivity index (χ4n) is 1.49. The van der Waals surface area contributed by atoms with Crippen LogP contribution in [0.4, 0.5) is 0 Å². The summed E-state index contributed by atoms with van der Waals surface area (Å²) in [6.07, 6.45) is 0. The first kappa shape index (κ1) is 12.5. The average molecular weight is 220 g/mol. The van der Waals surface area contributed by atoms with Gasteiger partial charge in [-0.3, -0.25) is 4.90 Å². The molecule has 1 aromatic carbocycles. The topological polar surface area (TPSA) is 56.5 Å². The number of hydrogen-bond acceptors (Lipinski definition) is 4. The number of hydrogen-bond donors (Lipinski definition) is 1. The molecule has 0 aliphatic carbocycles. The van der Waals surface area contributed by atoms with E-state index in [0.717, 1.165) is 12.1 Å². The molecule has 0 unspecified atom stereocenters. The predicted molar refractivity (Wildman–Crippen MR) is 61.1 cm³/mol. The van der Waals surface area contributed by atoms with Gasteiger partial charge in [0.05, 0.1) is 19.3 Å². The predicted octanol–water partition coefficient (Wildman–Crippen LogP) is 0.991. The van der Waals surface area contributed by atoms with E-state index < -0.39 is 0 Å². The molecule has 1 aromatic rings. The Kier molecular flexibility index (Phi) is 4.77. The van der Waals surface area contributed by atoms with Crippen molar-refractivity contribution in [3.8, 4) is 11.8 Å². The molecule has 0 aliphatic rings. The van der Waals surface area contributed by atoms with Crippen molar-refractivity contribution in [2.45, 2.75) is 6.54 Å². The molecule has 0 amide bonds. The Morgan fingerprint density at radius 1 is 1.50 bits per heavy atom. The zero-order valence-electron chi connectivity index (χ0n) is 9.60. The Hall–Kier alpha value is -1.57. The molecule has 0 saturated carbocycles. The molecule has 0 fully saturated rings. The Bertz CT molecular complexity index is 385. The van der Waals surface area contributed by atoms with E-state index in [1.165, 1.54) is 0 Å². The summed E-state index contributed by atoms with van der Waals surface area (Å²) >= 11 is 0. The van der Waals surface area contributed by atoms with Gasteiger partial charge in [0.1, 0.15) is 11.8 Å². The van der Waals surface area contributed by atoms with Crippen molar-refractivity contribution in [3.05, 3.63) is 29.3 Å². The summed E-state index contributed by atoms with van der Waals surface area (Å²) in [6.45, 7) is 1.49. The first-order chi connectivity index (χ1) is 7.71. The highest BCUT2D eigenvalue weighted by molar-refractivity contribution is 5.45. The molecule has 0 aromatic heterocycles. The van der Waals surface area contributed by atoms with E-state index in [0.29, 0.717) is 17.9 Å². The van der Waals surface area contributed by atoms with Crippen LogP contribution in [-0.4, -0.2) is 37.3 Å².